The van der Waals surface area contributed by atoms with Crippen molar-refractivity contribution in [3.05, 3.63) is 0 Å². The molecule has 0 bridgehead atoms. The largest absolute Gasteiger partial charge is 0.387 e. The molecule has 4 nitrogen and oxygen atoms in total. The van der Waals surface area contributed by atoms with Gasteiger partial charge in [-0.2, -0.15) is 0 Å². The zero-order valence-corrected chi connectivity index (χ0v) is 9.12. The van der Waals surface area contributed by atoms with Crippen LogP contribution in [0.3, 0.4) is 0 Å². The lowest BCUT2D eigenvalue weighted by Gasteiger charge is -2.43. The first-order chi connectivity index (χ1) is 6.51. The van der Waals surface area contributed by atoms with Gasteiger partial charge in [-0.25, -0.2) is 0 Å². The highest BCUT2D eigenvalue weighted by atomic mass is 16.5. The van der Waals surface area contributed by atoms with Crippen LogP contribution in [0, 0.1) is 5.41 Å². The second-order valence-corrected chi connectivity index (χ2v) is 4.48. The molecular formula is C10H19NO3. The van der Waals surface area contributed by atoms with E-state index in [9.17, 15) is 4.79 Å². The van der Waals surface area contributed by atoms with Gasteiger partial charge >= 0.3 is 0 Å². The summed E-state index contributed by atoms with van der Waals surface area (Å²) < 4.78 is 5.37. The van der Waals surface area contributed by atoms with Crippen LogP contribution in [0.1, 0.15) is 20.3 Å². The van der Waals surface area contributed by atoms with Crippen molar-refractivity contribution in [1.29, 1.82) is 0 Å². The smallest absolute Gasteiger partial charge is 0.248 e. The Balaban J connectivity index is 2.62. The number of ether oxygens (including phenoxy) is 1. The minimum Gasteiger partial charge on any atom is -0.387 e. The lowest BCUT2D eigenvalue weighted by atomic mass is 9.81. The van der Waals surface area contributed by atoms with E-state index < -0.39 is 6.61 Å². The number of hydrogen-bond donors (Lipinski definition) is 1. The van der Waals surface area contributed by atoms with Crippen molar-refractivity contribution in [2.45, 2.75) is 26.4 Å². The van der Waals surface area contributed by atoms with E-state index in [1.165, 1.54) is 0 Å². The zero-order valence-electron chi connectivity index (χ0n) is 9.12. The number of likely N-dealkylation sites (tertiary alicyclic amines) is 1. The molecule has 82 valence electrons. The average Bonchev–Trinajstić information content (AvgIpc) is 2.15. The number of aliphatic hydroxyl groups excluding tert-OH is 1. The number of hydrogen-bond acceptors (Lipinski definition) is 3. The Kier molecular flexibility index (Phi) is 3.50. The third-order valence-corrected chi connectivity index (χ3v) is 2.90. The van der Waals surface area contributed by atoms with E-state index in [1.54, 1.807) is 12.0 Å². The van der Waals surface area contributed by atoms with Gasteiger partial charge in [-0.3, -0.25) is 4.79 Å². The summed E-state index contributed by atoms with van der Waals surface area (Å²) in [7, 11) is 1.70. The van der Waals surface area contributed by atoms with Gasteiger partial charge in [0.1, 0.15) is 6.61 Å². The van der Waals surface area contributed by atoms with Crippen LogP contribution in [-0.2, 0) is 9.53 Å². The third-order valence-electron chi connectivity index (χ3n) is 2.90. The predicted molar refractivity (Wildman–Crippen MR) is 52.9 cm³/mol. The average molecular weight is 201 g/mol. The molecule has 0 aromatic carbocycles. The molecule has 1 saturated heterocycles. The van der Waals surface area contributed by atoms with Crippen molar-refractivity contribution in [3.63, 3.8) is 0 Å². The van der Waals surface area contributed by atoms with Crippen molar-refractivity contribution < 1.29 is 14.6 Å². The minimum atomic E-state index is -0.395. The van der Waals surface area contributed by atoms with E-state index in [1.807, 2.05) is 0 Å². The molecule has 1 unspecified atom stereocenters. The van der Waals surface area contributed by atoms with E-state index in [0.29, 0.717) is 13.1 Å². The van der Waals surface area contributed by atoms with E-state index >= 15 is 0 Å². The second kappa shape index (κ2) is 4.28. The molecule has 1 aliphatic heterocycles. The number of piperidine rings is 1. The van der Waals surface area contributed by atoms with Crippen LogP contribution in [0.15, 0.2) is 0 Å². The van der Waals surface area contributed by atoms with Crippen LogP contribution in [0.2, 0.25) is 0 Å². The topological polar surface area (TPSA) is 49.8 Å². The van der Waals surface area contributed by atoms with E-state index in [4.69, 9.17) is 9.84 Å². The van der Waals surface area contributed by atoms with Crippen LogP contribution in [0.25, 0.3) is 0 Å². The van der Waals surface area contributed by atoms with Gasteiger partial charge in [-0.05, 0) is 6.42 Å². The maximum atomic E-state index is 11.3. The molecule has 4 heteroatoms. The Hall–Kier alpha value is -0.610. The van der Waals surface area contributed by atoms with Crippen molar-refractivity contribution in [2.24, 2.45) is 5.41 Å². The fourth-order valence-corrected chi connectivity index (χ4v) is 2.09. The molecule has 1 rings (SSSR count). The molecule has 1 N–H and O–H groups in total. The van der Waals surface area contributed by atoms with E-state index in [-0.39, 0.29) is 17.4 Å². The van der Waals surface area contributed by atoms with Crippen molar-refractivity contribution in [3.8, 4) is 0 Å². The number of carbonyl (C=O) groups excluding carboxylic acids is 1. The summed E-state index contributed by atoms with van der Waals surface area (Å²) in [5, 5.41) is 8.76. The minimum absolute atomic E-state index is 0.0299. The molecule has 0 spiro atoms. The maximum absolute atomic E-state index is 11.3. The first-order valence-corrected chi connectivity index (χ1v) is 4.92. The van der Waals surface area contributed by atoms with Gasteiger partial charge < -0.3 is 14.7 Å². The Labute approximate surface area is 84.8 Å². The van der Waals surface area contributed by atoms with Crippen LogP contribution >= 0.6 is 0 Å². The summed E-state index contributed by atoms with van der Waals surface area (Å²) in [5.41, 5.74) is -0.0299. The molecular weight excluding hydrogens is 182 g/mol. The van der Waals surface area contributed by atoms with Crippen molar-refractivity contribution in [1.82, 2.24) is 4.90 Å². The number of aliphatic hydroxyl groups is 1. The second-order valence-electron chi connectivity index (χ2n) is 4.48. The Bertz CT molecular complexity index is 215. The first kappa shape index (κ1) is 11.5. The molecule has 0 radical (unpaired) electrons. The highest BCUT2D eigenvalue weighted by Crippen LogP contribution is 2.31. The fraction of sp³-hybridized carbons (Fsp3) is 0.900. The van der Waals surface area contributed by atoms with Gasteiger partial charge in [-0.1, -0.05) is 13.8 Å². The van der Waals surface area contributed by atoms with Crippen LogP contribution < -0.4 is 0 Å². The Morgan fingerprint density at radius 2 is 2.29 bits per heavy atom. The summed E-state index contributed by atoms with van der Waals surface area (Å²) in [4.78, 5) is 13.0. The van der Waals surface area contributed by atoms with E-state index in [0.717, 1.165) is 6.42 Å². The maximum Gasteiger partial charge on any atom is 0.248 e. The number of carbonyl (C=O) groups is 1. The molecule has 0 aromatic rings. The number of methoxy groups -OCH3 is 1. The molecule has 0 aromatic heterocycles. The molecule has 1 heterocycles. The molecule has 1 atom stereocenters. The van der Waals surface area contributed by atoms with Crippen LogP contribution in [-0.4, -0.2) is 48.8 Å². The van der Waals surface area contributed by atoms with Crippen molar-refractivity contribution in [2.75, 3.05) is 26.8 Å². The quantitative estimate of drug-likeness (QED) is 0.697. The number of amides is 1. The monoisotopic (exact) mass is 201 g/mol. The molecule has 14 heavy (non-hydrogen) atoms. The summed E-state index contributed by atoms with van der Waals surface area (Å²) in [6.45, 7) is 5.11. The van der Waals surface area contributed by atoms with Gasteiger partial charge in [0.25, 0.3) is 0 Å². The first-order valence-electron chi connectivity index (χ1n) is 4.92. The predicted octanol–water partition coefficient (Wildman–Crippen LogP) is 0.252. The summed E-state index contributed by atoms with van der Waals surface area (Å²) in [5.74, 6) is -0.187. The standard InChI is InChI=1S/C10H19NO3/c1-10(2)7-11(9(13)6-12)5-4-8(10)14-3/h8,12H,4-7H2,1-3H3. The molecule has 0 saturated carbocycles. The normalized spacial score (nSPS) is 26.3. The van der Waals surface area contributed by atoms with Crippen LogP contribution in [0.5, 0.6) is 0 Å². The summed E-state index contributed by atoms with van der Waals surface area (Å²) in [6.07, 6.45) is 1.04. The lowest BCUT2D eigenvalue weighted by molar-refractivity contribution is -0.142. The van der Waals surface area contributed by atoms with Gasteiger partial charge in [-0.15, -0.1) is 0 Å². The van der Waals surface area contributed by atoms with Gasteiger partial charge in [0.05, 0.1) is 6.10 Å². The molecule has 1 aliphatic rings. The Morgan fingerprint density at radius 3 is 2.71 bits per heavy atom. The Morgan fingerprint density at radius 1 is 1.64 bits per heavy atom. The number of rotatable bonds is 2. The summed E-state index contributed by atoms with van der Waals surface area (Å²) >= 11 is 0. The summed E-state index contributed by atoms with van der Waals surface area (Å²) in [6, 6.07) is 0. The highest BCUT2D eigenvalue weighted by molar-refractivity contribution is 5.77. The zero-order chi connectivity index (χ0) is 10.8. The number of nitrogens with zero attached hydrogens (tertiary/aromatic N) is 1. The van der Waals surface area contributed by atoms with Crippen LogP contribution in [0.4, 0.5) is 0 Å². The molecule has 0 aliphatic carbocycles. The highest BCUT2D eigenvalue weighted by Gasteiger charge is 2.37. The van der Waals surface area contributed by atoms with E-state index in [2.05, 4.69) is 13.8 Å². The van der Waals surface area contributed by atoms with Crippen molar-refractivity contribution >= 4 is 5.91 Å². The van der Waals surface area contributed by atoms with Gasteiger partial charge in [0.2, 0.25) is 5.91 Å². The third kappa shape index (κ3) is 2.25. The fourth-order valence-electron chi connectivity index (χ4n) is 2.09. The molecule has 1 amide bonds. The molecule has 1 fully saturated rings. The SMILES string of the molecule is COC1CCN(C(=O)CO)CC1(C)C. The van der Waals surface area contributed by atoms with Gasteiger partial charge in [0, 0.05) is 25.6 Å². The lowest BCUT2D eigenvalue weighted by Crippen LogP contribution is -2.51. The van der Waals surface area contributed by atoms with Gasteiger partial charge in [0.15, 0.2) is 0 Å².